The molecule has 0 aliphatic carbocycles. The van der Waals surface area contributed by atoms with Crippen LogP contribution in [0, 0.1) is 11.7 Å². The predicted octanol–water partition coefficient (Wildman–Crippen LogP) is 5.28. The molecule has 1 unspecified atom stereocenters. The molecule has 21 heavy (non-hydrogen) atoms. The summed E-state index contributed by atoms with van der Waals surface area (Å²) in [5, 5.41) is 1.06. The highest BCUT2D eigenvalue weighted by Gasteiger charge is 2.11. The van der Waals surface area contributed by atoms with E-state index < -0.39 is 0 Å². The first-order valence-electron chi connectivity index (χ1n) is 6.75. The van der Waals surface area contributed by atoms with Crippen LogP contribution in [-0.2, 0) is 12.8 Å². The van der Waals surface area contributed by atoms with Gasteiger partial charge < -0.3 is 4.74 Å². The van der Waals surface area contributed by atoms with Gasteiger partial charge in [-0.25, -0.2) is 4.39 Å². The van der Waals surface area contributed by atoms with Crippen molar-refractivity contribution in [2.75, 3.05) is 12.4 Å². The quantitative estimate of drug-likeness (QED) is 0.627. The summed E-state index contributed by atoms with van der Waals surface area (Å²) in [5.41, 5.74) is 2.28. The molecule has 0 spiro atoms. The summed E-state index contributed by atoms with van der Waals surface area (Å²) in [6.07, 6.45) is 1.78. The Labute approximate surface area is 138 Å². The number of benzene rings is 2. The summed E-state index contributed by atoms with van der Waals surface area (Å²) in [5.74, 6) is 0.910. The zero-order chi connectivity index (χ0) is 15.2. The minimum absolute atomic E-state index is 0.183. The van der Waals surface area contributed by atoms with Crippen LogP contribution < -0.4 is 4.74 Å². The Bertz CT molecular complexity index is 603. The van der Waals surface area contributed by atoms with E-state index in [2.05, 4.69) is 22.0 Å². The van der Waals surface area contributed by atoms with Gasteiger partial charge >= 0.3 is 0 Å². The van der Waals surface area contributed by atoms with Gasteiger partial charge in [0.25, 0.3) is 0 Å². The number of ether oxygens (including phenoxy) is 1. The number of methoxy groups -OCH3 is 1. The summed E-state index contributed by atoms with van der Waals surface area (Å²) >= 11 is 9.40. The van der Waals surface area contributed by atoms with Gasteiger partial charge in [0, 0.05) is 5.33 Å². The molecule has 1 atom stereocenters. The lowest BCUT2D eigenvalue weighted by molar-refractivity contribution is 0.414. The van der Waals surface area contributed by atoms with E-state index in [1.54, 1.807) is 19.2 Å². The zero-order valence-corrected chi connectivity index (χ0v) is 14.1. The monoisotopic (exact) mass is 370 g/mol. The second-order valence-corrected chi connectivity index (χ2v) is 6.08. The maximum absolute atomic E-state index is 13.2. The zero-order valence-electron chi connectivity index (χ0n) is 11.8. The maximum atomic E-state index is 13.2. The Morgan fingerprint density at radius 3 is 2.48 bits per heavy atom. The number of halogens is 3. The van der Waals surface area contributed by atoms with Crippen molar-refractivity contribution in [3.05, 3.63) is 64.4 Å². The minimum Gasteiger partial charge on any atom is -0.497 e. The van der Waals surface area contributed by atoms with Crippen molar-refractivity contribution in [1.82, 2.24) is 0 Å². The van der Waals surface area contributed by atoms with Crippen LogP contribution in [0.25, 0.3) is 0 Å². The van der Waals surface area contributed by atoms with E-state index in [9.17, 15) is 4.39 Å². The van der Waals surface area contributed by atoms with Crippen LogP contribution in [0.5, 0.6) is 5.75 Å². The lowest BCUT2D eigenvalue weighted by atomic mass is 9.94. The molecule has 0 heterocycles. The molecular weight excluding hydrogens is 355 g/mol. The summed E-state index contributed by atoms with van der Waals surface area (Å²) in [4.78, 5) is 0. The summed E-state index contributed by atoms with van der Waals surface area (Å²) < 4.78 is 18.4. The number of alkyl halides is 1. The Morgan fingerprint density at radius 2 is 1.86 bits per heavy atom. The van der Waals surface area contributed by atoms with Crippen LogP contribution in [0.2, 0.25) is 5.02 Å². The van der Waals surface area contributed by atoms with Crippen LogP contribution in [-0.4, -0.2) is 12.4 Å². The van der Waals surface area contributed by atoms with Crippen molar-refractivity contribution < 1.29 is 9.13 Å². The van der Waals surface area contributed by atoms with Crippen LogP contribution in [0.1, 0.15) is 11.1 Å². The molecule has 0 amide bonds. The smallest absolute Gasteiger partial charge is 0.141 e. The van der Waals surface area contributed by atoms with Crippen LogP contribution in [0.4, 0.5) is 4.39 Å². The molecule has 0 fully saturated rings. The van der Waals surface area contributed by atoms with E-state index in [-0.39, 0.29) is 10.8 Å². The van der Waals surface area contributed by atoms with Crippen molar-refractivity contribution in [3.8, 4) is 5.75 Å². The van der Waals surface area contributed by atoms with Gasteiger partial charge in [-0.15, -0.1) is 0 Å². The number of hydrogen-bond acceptors (Lipinski definition) is 1. The molecular formula is C17H17BrClFO. The largest absolute Gasteiger partial charge is 0.497 e. The molecule has 2 aromatic carbocycles. The molecule has 0 aromatic heterocycles. The third kappa shape index (κ3) is 4.72. The molecule has 0 aliphatic rings. The Morgan fingerprint density at radius 1 is 1.14 bits per heavy atom. The topological polar surface area (TPSA) is 9.23 Å². The minimum atomic E-state index is -0.372. The van der Waals surface area contributed by atoms with Gasteiger partial charge in [0.1, 0.15) is 11.6 Å². The SMILES string of the molecule is COc1cccc(CC(CBr)Cc2ccc(F)c(Cl)c2)c1. The van der Waals surface area contributed by atoms with Crippen LogP contribution in [0.15, 0.2) is 42.5 Å². The molecule has 4 heteroatoms. The van der Waals surface area contributed by atoms with Gasteiger partial charge in [-0.3, -0.25) is 0 Å². The molecule has 0 N–H and O–H groups in total. The molecule has 0 saturated heterocycles. The molecule has 0 radical (unpaired) electrons. The first-order valence-corrected chi connectivity index (χ1v) is 8.25. The first kappa shape index (κ1) is 16.3. The third-order valence-electron chi connectivity index (χ3n) is 3.39. The molecule has 0 saturated carbocycles. The average Bonchev–Trinajstić information content (AvgIpc) is 2.50. The fourth-order valence-electron chi connectivity index (χ4n) is 2.31. The van der Waals surface area contributed by atoms with E-state index in [1.165, 1.54) is 11.6 Å². The molecule has 112 valence electrons. The van der Waals surface area contributed by atoms with Gasteiger partial charge in [-0.2, -0.15) is 0 Å². The molecule has 2 aromatic rings. The van der Waals surface area contributed by atoms with Gasteiger partial charge in [0.05, 0.1) is 12.1 Å². The van der Waals surface area contributed by atoms with Crippen LogP contribution >= 0.6 is 27.5 Å². The van der Waals surface area contributed by atoms with Crippen LogP contribution in [0.3, 0.4) is 0 Å². The maximum Gasteiger partial charge on any atom is 0.141 e. The Kier molecular flexibility index (Phi) is 6.07. The van der Waals surface area contributed by atoms with E-state index in [0.29, 0.717) is 5.92 Å². The first-order chi connectivity index (χ1) is 10.1. The number of hydrogen-bond donors (Lipinski definition) is 0. The molecule has 1 nitrogen and oxygen atoms in total. The van der Waals surface area contributed by atoms with Crippen molar-refractivity contribution in [2.24, 2.45) is 5.92 Å². The molecule has 2 rings (SSSR count). The van der Waals surface area contributed by atoms with E-state index >= 15 is 0 Å². The summed E-state index contributed by atoms with van der Waals surface area (Å²) in [6.45, 7) is 0. The highest BCUT2D eigenvalue weighted by molar-refractivity contribution is 9.09. The highest BCUT2D eigenvalue weighted by Crippen LogP contribution is 2.22. The molecule has 0 bridgehead atoms. The lowest BCUT2D eigenvalue weighted by Crippen LogP contribution is -2.10. The highest BCUT2D eigenvalue weighted by atomic mass is 79.9. The Balaban J connectivity index is 2.07. The fraction of sp³-hybridized carbons (Fsp3) is 0.294. The second kappa shape index (κ2) is 7.81. The standard InChI is InChI=1S/C17H17BrClFO/c1-21-15-4-2-3-12(9-15)7-14(11-18)8-13-5-6-17(20)16(19)10-13/h2-6,9-10,14H,7-8,11H2,1H3. The predicted molar refractivity (Wildman–Crippen MR) is 89.1 cm³/mol. The van der Waals surface area contributed by atoms with E-state index in [4.69, 9.17) is 16.3 Å². The number of rotatable bonds is 6. The van der Waals surface area contributed by atoms with E-state index in [0.717, 1.165) is 29.5 Å². The van der Waals surface area contributed by atoms with Crippen molar-refractivity contribution in [2.45, 2.75) is 12.8 Å². The van der Waals surface area contributed by atoms with Gasteiger partial charge in [0.2, 0.25) is 0 Å². The average molecular weight is 372 g/mol. The van der Waals surface area contributed by atoms with Crippen molar-refractivity contribution in [3.63, 3.8) is 0 Å². The van der Waals surface area contributed by atoms with Crippen molar-refractivity contribution >= 4 is 27.5 Å². The fourth-order valence-corrected chi connectivity index (χ4v) is 2.97. The van der Waals surface area contributed by atoms with Gasteiger partial charge in [0.15, 0.2) is 0 Å². The third-order valence-corrected chi connectivity index (χ3v) is 4.59. The van der Waals surface area contributed by atoms with Crippen molar-refractivity contribution in [1.29, 1.82) is 0 Å². The molecule has 0 aliphatic heterocycles. The summed E-state index contributed by atoms with van der Waals surface area (Å²) in [6, 6.07) is 13.0. The van der Waals surface area contributed by atoms with Gasteiger partial charge in [-0.1, -0.05) is 45.7 Å². The lowest BCUT2D eigenvalue weighted by Gasteiger charge is -2.15. The Hall–Kier alpha value is -1.06. The van der Waals surface area contributed by atoms with E-state index in [1.807, 2.05) is 18.2 Å². The second-order valence-electron chi connectivity index (χ2n) is 5.03. The summed E-state index contributed by atoms with van der Waals surface area (Å²) in [7, 11) is 1.67. The normalized spacial score (nSPS) is 12.2. The van der Waals surface area contributed by atoms with Gasteiger partial charge in [-0.05, 0) is 54.2 Å².